The molecule has 8 aromatic rings. The van der Waals surface area contributed by atoms with Crippen LogP contribution in [0.4, 0.5) is 15.3 Å². The number of carbonyl (C=O) groups is 2. The molecule has 2 N–H and O–H groups in total. The first-order chi connectivity index (χ1) is 33.8. The molecule has 2 aliphatic heterocycles. The Hall–Kier alpha value is -8.31. The summed E-state index contributed by atoms with van der Waals surface area (Å²) in [6.07, 6.45) is 7.64. The number of methoxy groups -OCH3 is 2. The van der Waals surface area contributed by atoms with E-state index in [0.29, 0.717) is 55.5 Å². The van der Waals surface area contributed by atoms with Gasteiger partial charge in [0.2, 0.25) is 0 Å². The van der Waals surface area contributed by atoms with Crippen molar-refractivity contribution < 1.29 is 23.8 Å². The summed E-state index contributed by atoms with van der Waals surface area (Å²) < 4.78 is 21.9. The zero-order valence-corrected chi connectivity index (χ0v) is 38.7. The second-order valence-electron chi connectivity index (χ2n) is 17.6. The van der Waals surface area contributed by atoms with Crippen LogP contribution in [-0.2, 0) is 13.2 Å². The van der Waals surface area contributed by atoms with Crippen molar-refractivity contribution in [2.24, 2.45) is 0 Å². The minimum absolute atomic E-state index is 0.0125. The Bertz CT molecular complexity index is 3180. The zero-order chi connectivity index (χ0) is 47.3. The molecule has 0 bridgehead atoms. The van der Waals surface area contributed by atoms with Crippen LogP contribution in [0.25, 0.3) is 33.5 Å². The predicted molar refractivity (Wildman–Crippen MR) is 265 cm³/mol. The van der Waals surface area contributed by atoms with Crippen LogP contribution < -0.4 is 24.8 Å². The van der Waals surface area contributed by atoms with Gasteiger partial charge in [-0.05, 0) is 128 Å². The molecule has 348 valence electrons. The maximum absolute atomic E-state index is 13.4. The lowest BCUT2D eigenvalue weighted by Gasteiger charge is -2.32. The summed E-state index contributed by atoms with van der Waals surface area (Å²) in [6.45, 7) is 3.15. The van der Waals surface area contributed by atoms with Gasteiger partial charge in [-0.1, -0.05) is 36.4 Å². The second kappa shape index (κ2) is 19.9. The SMILES string of the molecule is COc1ccc(CNC(=O)N2CCCC(c3nc(-c4cccc(OCc5cc(OC)cc(-c6nc(C7CCCN(C(=O)Nc8ccc(C#N)cc8)C7)n7ccccc67)c5)c4)c4ccccn34)C2)cc1. The average Bonchev–Trinajstić information content (AvgIpc) is 4.00. The average molecular weight is 920 g/mol. The van der Waals surface area contributed by atoms with E-state index in [1.165, 1.54) is 0 Å². The molecule has 4 aromatic carbocycles. The number of imidazole rings is 2. The van der Waals surface area contributed by atoms with Gasteiger partial charge in [-0.15, -0.1) is 0 Å². The number of fused-ring (bicyclic) bond motifs is 2. The van der Waals surface area contributed by atoms with E-state index in [1.54, 1.807) is 38.5 Å². The van der Waals surface area contributed by atoms with Crippen LogP contribution in [0.2, 0.25) is 0 Å². The number of urea groups is 2. The largest absolute Gasteiger partial charge is 0.497 e. The van der Waals surface area contributed by atoms with Crippen LogP contribution in [0.3, 0.4) is 0 Å². The number of carbonyl (C=O) groups excluding carboxylic acids is 2. The summed E-state index contributed by atoms with van der Waals surface area (Å²) in [5, 5.41) is 15.3. The Balaban J connectivity index is 0.848. The summed E-state index contributed by atoms with van der Waals surface area (Å²) in [4.78, 5) is 41.2. The van der Waals surface area contributed by atoms with Crippen molar-refractivity contribution in [3.8, 4) is 45.8 Å². The topological polar surface area (TPSA) is 151 Å². The third-order valence-corrected chi connectivity index (χ3v) is 13.2. The maximum Gasteiger partial charge on any atom is 0.321 e. The molecule has 10 rings (SSSR count). The molecule has 2 saturated heterocycles. The van der Waals surface area contributed by atoms with Crippen molar-refractivity contribution in [2.45, 2.75) is 50.7 Å². The predicted octanol–water partition coefficient (Wildman–Crippen LogP) is 10.3. The van der Waals surface area contributed by atoms with Crippen molar-refractivity contribution in [3.63, 3.8) is 0 Å². The van der Waals surface area contributed by atoms with Crippen LogP contribution in [0.5, 0.6) is 17.2 Å². The second-order valence-corrected chi connectivity index (χ2v) is 17.6. The van der Waals surface area contributed by atoms with E-state index in [1.807, 2.05) is 94.9 Å². The standard InChI is InChI=1S/C55H53N9O5/c1-67-45-22-18-38(19-23-45)33-57-54(65)61-24-8-11-41(34-61)52-59-50(48-14-3-5-26-63(48)52)40-10-7-13-46(30-40)69-36-39-28-43(31-47(29-39)68-2)51-49-15-4-6-27-64(49)53(60-51)42-12-9-25-62(35-42)55(66)58-44-20-16-37(32-56)17-21-44/h3-7,10,13-23,26-31,41-42H,8-9,11-12,24-25,33-36H2,1-2H3,(H,57,65)(H,58,66). The number of amides is 4. The summed E-state index contributed by atoms with van der Waals surface area (Å²) in [5.41, 5.74) is 8.58. The highest BCUT2D eigenvalue weighted by Crippen LogP contribution is 2.36. The Morgan fingerprint density at radius 2 is 1.28 bits per heavy atom. The quantitative estimate of drug-likeness (QED) is 0.123. The molecule has 0 spiro atoms. The van der Waals surface area contributed by atoms with E-state index >= 15 is 0 Å². The fourth-order valence-corrected chi connectivity index (χ4v) is 9.63. The number of hydrogen-bond acceptors (Lipinski definition) is 8. The third kappa shape index (κ3) is 9.62. The molecule has 6 heterocycles. The molecular weight excluding hydrogens is 867 g/mol. The lowest BCUT2D eigenvalue weighted by molar-refractivity contribution is 0.178. The van der Waals surface area contributed by atoms with Gasteiger partial charge in [-0.25, -0.2) is 19.6 Å². The van der Waals surface area contributed by atoms with Gasteiger partial charge in [0.1, 0.15) is 35.5 Å². The number of ether oxygens (including phenoxy) is 3. The molecule has 69 heavy (non-hydrogen) atoms. The number of hydrogen-bond donors (Lipinski definition) is 2. The van der Waals surface area contributed by atoms with Gasteiger partial charge in [0.15, 0.2) is 0 Å². The van der Waals surface area contributed by atoms with E-state index < -0.39 is 0 Å². The fourth-order valence-electron chi connectivity index (χ4n) is 9.63. The number of likely N-dealkylation sites (tertiary alicyclic amines) is 2. The number of nitrogens with zero attached hydrogens (tertiary/aromatic N) is 7. The van der Waals surface area contributed by atoms with Crippen molar-refractivity contribution in [2.75, 3.05) is 45.7 Å². The molecule has 2 aliphatic rings. The van der Waals surface area contributed by atoms with Gasteiger partial charge in [0.25, 0.3) is 0 Å². The highest BCUT2D eigenvalue weighted by Gasteiger charge is 2.31. The Morgan fingerprint density at radius 3 is 1.91 bits per heavy atom. The molecule has 4 amide bonds. The van der Waals surface area contributed by atoms with Gasteiger partial charge in [0.05, 0.1) is 48.3 Å². The van der Waals surface area contributed by atoms with Crippen LogP contribution in [0, 0.1) is 11.3 Å². The van der Waals surface area contributed by atoms with Gasteiger partial charge in [0, 0.05) is 73.8 Å². The third-order valence-electron chi connectivity index (χ3n) is 13.2. The Kier molecular flexibility index (Phi) is 12.8. The van der Waals surface area contributed by atoms with Crippen LogP contribution in [0.1, 0.15) is 65.9 Å². The van der Waals surface area contributed by atoms with Crippen molar-refractivity contribution in [3.05, 3.63) is 168 Å². The van der Waals surface area contributed by atoms with E-state index in [2.05, 4.69) is 56.0 Å². The van der Waals surface area contributed by atoms with E-state index in [4.69, 9.17) is 24.2 Å². The van der Waals surface area contributed by atoms with Gasteiger partial charge < -0.3 is 43.4 Å². The highest BCUT2D eigenvalue weighted by molar-refractivity contribution is 5.89. The molecule has 14 nitrogen and oxygen atoms in total. The Labute approximate surface area is 400 Å². The highest BCUT2D eigenvalue weighted by atomic mass is 16.5. The number of benzene rings is 4. The summed E-state index contributed by atoms with van der Waals surface area (Å²) in [6, 6.07) is 42.8. The molecule has 0 saturated carbocycles. The van der Waals surface area contributed by atoms with Crippen molar-refractivity contribution in [1.82, 2.24) is 33.9 Å². The minimum Gasteiger partial charge on any atom is -0.497 e. The van der Waals surface area contributed by atoms with E-state index in [9.17, 15) is 14.9 Å². The van der Waals surface area contributed by atoms with Crippen molar-refractivity contribution in [1.29, 1.82) is 5.26 Å². The van der Waals surface area contributed by atoms with Gasteiger partial charge >= 0.3 is 12.1 Å². The normalized spacial score (nSPS) is 16.0. The zero-order valence-electron chi connectivity index (χ0n) is 38.7. The monoisotopic (exact) mass is 919 g/mol. The molecule has 0 aliphatic carbocycles. The number of nitriles is 1. The van der Waals surface area contributed by atoms with Crippen molar-refractivity contribution >= 4 is 28.8 Å². The molecule has 2 fully saturated rings. The molecular formula is C55H53N9O5. The maximum atomic E-state index is 13.4. The summed E-state index contributed by atoms with van der Waals surface area (Å²) in [5.74, 6) is 4.08. The van der Waals surface area contributed by atoms with Crippen LogP contribution in [-0.4, -0.2) is 81.0 Å². The van der Waals surface area contributed by atoms with E-state index in [-0.39, 0.29) is 30.5 Å². The molecule has 2 unspecified atom stereocenters. The number of rotatable bonds is 12. The summed E-state index contributed by atoms with van der Waals surface area (Å²) >= 11 is 0. The van der Waals surface area contributed by atoms with Gasteiger partial charge in [-0.3, -0.25) is 0 Å². The number of piperidine rings is 2. The minimum atomic E-state index is -0.173. The molecule has 2 atom stereocenters. The Morgan fingerprint density at radius 1 is 0.652 bits per heavy atom. The van der Waals surface area contributed by atoms with E-state index in [0.717, 1.165) is 87.8 Å². The number of anilines is 1. The lowest BCUT2D eigenvalue weighted by atomic mass is 9.97. The number of nitrogens with one attached hydrogen (secondary N) is 2. The smallest absolute Gasteiger partial charge is 0.321 e. The van der Waals surface area contributed by atoms with Gasteiger partial charge in [-0.2, -0.15) is 5.26 Å². The number of aromatic nitrogens is 4. The first-order valence-corrected chi connectivity index (χ1v) is 23.4. The first-order valence-electron chi connectivity index (χ1n) is 23.4. The first kappa shape index (κ1) is 44.5. The number of pyridine rings is 2. The molecule has 0 radical (unpaired) electrons. The van der Waals surface area contributed by atoms with Crippen LogP contribution >= 0.6 is 0 Å². The molecule has 14 heteroatoms. The summed E-state index contributed by atoms with van der Waals surface area (Å²) in [7, 11) is 3.30. The fraction of sp³-hybridized carbons (Fsp3) is 0.255. The van der Waals surface area contributed by atoms with Crippen LogP contribution in [0.15, 0.2) is 140 Å². The molecule has 4 aromatic heterocycles. The lowest BCUT2D eigenvalue weighted by Crippen LogP contribution is -2.45.